The first kappa shape index (κ1) is 22.2. The maximum atomic E-state index is 12.1. The number of carboxylic acids is 1. The fourth-order valence-corrected chi connectivity index (χ4v) is 4.57. The first-order valence-corrected chi connectivity index (χ1v) is 12.1. The van der Waals surface area contributed by atoms with Gasteiger partial charge in [-0.25, -0.2) is 19.7 Å². The van der Waals surface area contributed by atoms with Gasteiger partial charge in [-0.2, -0.15) is 0 Å². The van der Waals surface area contributed by atoms with E-state index in [1.165, 1.54) is 11.8 Å². The predicted molar refractivity (Wildman–Crippen MR) is 133 cm³/mol. The lowest BCUT2D eigenvalue weighted by molar-refractivity contribution is 0.0691. The molecule has 0 atom stereocenters. The Hall–Kier alpha value is -3.63. The molecule has 1 saturated heterocycles. The van der Waals surface area contributed by atoms with Crippen LogP contribution in [0.5, 0.6) is 0 Å². The number of benzene rings is 2. The minimum atomic E-state index is -1.15. The molecule has 0 spiro atoms. The van der Waals surface area contributed by atoms with Crippen LogP contribution in [0.4, 0.5) is 17.2 Å². The Bertz CT molecular complexity index is 1350. The van der Waals surface area contributed by atoms with Crippen molar-refractivity contribution in [3.63, 3.8) is 0 Å². The normalized spacial score (nSPS) is 13.9. The number of morpholine rings is 1. The highest BCUT2D eigenvalue weighted by atomic mass is 32.2. The van der Waals surface area contributed by atoms with Gasteiger partial charge in [-0.3, -0.25) is 0 Å². The van der Waals surface area contributed by atoms with Gasteiger partial charge in [0.25, 0.3) is 0 Å². The monoisotopic (exact) mass is 476 g/mol. The summed E-state index contributed by atoms with van der Waals surface area (Å²) in [6.45, 7) is 3.13. The van der Waals surface area contributed by atoms with Gasteiger partial charge >= 0.3 is 5.97 Å². The summed E-state index contributed by atoms with van der Waals surface area (Å²) in [7, 11) is 1.92. The molecule has 2 aromatic carbocycles. The average Bonchev–Trinajstić information content (AvgIpc) is 3.25. The number of para-hydroxylation sites is 1. The van der Waals surface area contributed by atoms with Crippen LogP contribution in [0.3, 0.4) is 0 Å². The number of hydrogen-bond donors (Lipinski definition) is 2. The molecule has 0 bridgehead atoms. The number of nitrogens with one attached hydrogen (secondary N) is 1. The smallest absolute Gasteiger partial charge is 0.358 e. The van der Waals surface area contributed by atoms with Gasteiger partial charge in [0.05, 0.1) is 30.6 Å². The highest BCUT2D eigenvalue weighted by molar-refractivity contribution is 7.98. The van der Waals surface area contributed by atoms with Crippen molar-refractivity contribution in [2.75, 3.05) is 42.8 Å². The Morgan fingerprint density at radius 1 is 1.12 bits per heavy atom. The first-order chi connectivity index (χ1) is 16.5. The fourth-order valence-electron chi connectivity index (χ4n) is 4.04. The van der Waals surface area contributed by atoms with E-state index in [2.05, 4.69) is 25.2 Å². The number of imidazole rings is 1. The van der Waals surface area contributed by atoms with Crippen LogP contribution in [0.25, 0.3) is 22.3 Å². The van der Waals surface area contributed by atoms with Crippen molar-refractivity contribution in [1.82, 2.24) is 19.5 Å². The van der Waals surface area contributed by atoms with E-state index in [1.807, 2.05) is 60.3 Å². The third kappa shape index (κ3) is 4.17. The number of aromatic carboxylic acids is 1. The Balaban J connectivity index is 1.51. The molecule has 0 saturated carbocycles. The molecular formula is C24H24N6O3S. The zero-order valence-corrected chi connectivity index (χ0v) is 19.7. The third-order valence-electron chi connectivity index (χ3n) is 5.78. The van der Waals surface area contributed by atoms with E-state index in [-0.39, 0.29) is 11.5 Å². The number of anilines is 3. The summed E-state index contributed by atoms with van der Waals surface area (Å²) in [5.41, 5.74) is 4.64. The summed E-state index contributed by atoms with van der Waals surface area (Å²) in [5, 5.41) is 13.7. The minimum Gasteiger partial charge on any atom is -0.476 e. The van der Waals surface area contributed by atoms with Gasteiger partial charge in [-0.15, -0.1) is 11.8 Å². The van der Waals surface area contributed by atoms with Crippen LogP contribution in [0, 0.1) is 0 Å². The van der Waals surface area contributed by atoms with Crippen LogP contribution in [-0.2, 0) is 11.8 Å². The quantitative estimate of drug-likeness (QED) is 0.399. The Morgan fingerprint density at radius 3 is 2.59 bits per heavy atom. The number of fused-ring (bicyclic) bond motifs is 1. The van der Waals surface area contributed by atoms with Gasteiger partial charge in [0.2, 0.25) is 0 Å². The van der Waals surface area contributed by atoms with Gasteiger partial charge in [0.1, 0.15) is 10.7 Å². The molecule has 34 heavy (non-hydrogen) atoms. The molecule has 1 fully saturated rings. The topological polar surface area (TPSA) is 105 Å². The number of hydrogen-bond acceptors (Lipinski definition) is 8. The maximum absolute atomic E-state index is 12.1. The Kier molecular flexibility index (Phi) is 6.08. The Labute approximate surface area is 200 Å². The molecule has 4 aromatic rings. The lowest BCUT2D eigenvalue weighted by Crippen LogP contribution is -2.36. The van der Waals surface area contributed by atoms with Gasteiger partial charge < -0.3 is 24.6 Å². The van der Waals surface area contributed by atoms with Crippen LogP contribution < -0.4 is 10.2 Å². The second kappa shape index (κ2) is 9.32. The summed E-state index contributed by atoms with van der Waals surface area (Å²) < 4.78 is 7.33. The van der Waals surface area contributed by atoms with E-state index in [0.717, 1.165) is 41.1 Å². The molecule has 1 aliphatic heterocycles. The maximum Gasteiger partial charge on any atom is 0.358 e. The van der Waals surface area contributed by atoms with Crippen molar-refractivity contribution in [3.05, 3.63) is 54.5 Å². The largest absolute Gasteiger partial charge is 0.476 e. The summed E-state index contributed by atoms with van der Waals surface area (Å²) in [5.74, 6) is -0.949. The second-order valence-corrected chi connectivity index (χ2v) is 8.68. The highest BCUT2D eigenvalue weighted by Gasteiger charge is 2.22. The number of aryl methyl sites for hydroxylation is 1. The summed E-state index contributed by atoms with van der Waals surface area (Å²) in [6, 6.07) is 13.6. The van der Waals surface area contributed by atoms with Crippen LogP contribution in [0.1, 0.15) is 10.5 Å². The molecule has 1 aliphatic rings. The molecule has 0 amide bonds. The zero-order chi connectivity index (χ0) is 23.7. The Morgan fingerprint density at radius 2 is 1.88 bits per heavy atom. The van der Waals surface area contributed by atoms with Gasteiger partial charge in [-0.1, -0.05) is 12.1 Å². The molecule has 174 valence electrons. The molecule has 0 unspecified atom stereocenters. The van der Waals surface area contributed by atoms with Crippen LogP contribution in [0.2, 0.25) is 0 Å². The standard InChI is InChI=1S/C24H24N6O3S/c1-29-14-25-19-17(4-3-5-18(19)29)20-23(34-2)28-22(21(27-20)24(31)32)26-15-6-8-16(9-7-15)30-10-12-33-13-11-30/h3-9,14H,10-13H2,1-2H3,(H,26,28)(H,31,32). The fraction of sp³-hybridized carbons (Fsp3) is 0.250. The molecule has 9 nitrogen and oxygen atoms in total. The molecule has 10 heteroatoms. The molecular weight excluding hydrogens is 452 g/mol. The molecule has 0 radical (unpaired) electrons. The highest BCUT2D eigenvalue weighted by Crippen LogP contribution is 2.34. The summed E-state index contributed by atoms with van der Waals surface area (Å²) in [4.78, 5) is 28.1. The van der Waals surface area contributed by atoms with Crippen molar-refractivity contribution in [2.24, 2.45) is 7.05 Å². The lowest BCUT2D eigenvalue weighted by Gasteiger charge is -2.28. The minimum absolute atomic E-state index is 0.141. The van der Waals surface area contributed by atoms with Crippen molar-refractivity contribution >= 4 is 46.0 Å². The van der Waals surface area contributed by atoms with Crippen LogP contribution >= 0.6 is 11.8 Å². The molecule has 2 aromatic heterocycles. The number of ether oxygens (including phenoxy) is 1. The van der Waals surface area contributed by atoms with Crippen molar-refractivity contribution in [1.29, 1.82) is 0 Å². The summed E-state index contributed by atoms with van der Waals surface area (Å²) in [6.07, 6.45) is 3.63. The molecule has 0 aliphatic carbocycles. The second-order valence-electron chi connectivity index (χ2n) is 7.88. The number of rotatable bonds is 6. The summed E-state index contributed by atoms with van der Waals surface area (Å²) >= 11 is 1.41. The van der Waals surface area contributed by atoms with E-state index < -0.39 is 5.97 Å². The van der Waals surface area contributed by atoms with Gasteiger partial charge in [0, 0.05) is 37.1 Å². The van der Waals surface area contributed by atoms with E-state index in [1.54, 1.807) is 6.33 Å². The molecule has 5 rings (SSSR count). The molecule has 2 N–H and O–H groups in total. The number of carboxylic acid groups (broad SMARTS) is 1. The van der Waals surface area contributed by atoms with Crippen LogP contribution in [0.15, 0.2) is 53.8 Å². The number of aromatic nitrogens is 4. The number of thioether (sulfide) groups is 1. The predicted octanol–water partition coefficient (Wildman–Crippen LogP) is 4.03. The van der Waals surface area contributed by atoms with Crippen LogP contribution in [-0.4, -0.2) is 63.2 Å². The van der Waals surface area contributed by atoms with Crippen molar-refractivity contribution < 1.29 is 14.6 Å². The average molecular weight is 477 g/mol. The molecule has 3 heterocycles. The van der Waals surface area contributed by atoms with E-state index in [0.29, 0.717) is 23.9 Å². The number of carbonyl (C=O) groups is 1. The zero-order valence-electron chi connectivity index (χ0n) is 18.9. The van der Waals surface area contributed by atoms with Gasteiger partial charge in [0.15, 0.2) is 11.5 Å². The lowest BCUT2D eigenvalue weighted by atomic mass is 10.1. The van der Waals surface area contributed by atoms with Crippen molar-refractivity contribution in [2.45, 2.75) is 5.03 Å². The van der Waals surface area contributed by atoms with E-state index >= 15 is 0 Å². The van der Waals surface area contributed by atoms with E-state index in [4.69, 9.17) is 4.74 Å². The SMILES string of the molecule is CSc1nc(Nc2ccc(N3CCOCC3)cc2)c(C(=O)O)nc1-c1cccc2c1ncn2C. The van der Waals surface area contributed by atoms with Crippen molar-refractivity contribution in [3.8, 4) is 11.3 Å². The van der Waals surface area contributed by atoms with Gasteiger partial charge in [-0.05, 0) is 36.6 Å². The number of nitrogens with zero attached hydrogens (tertiary/aromatic N) is 5. The van der Waals surface area contributed by atoms with E-state index in [9.17, 15) is 9.90 Å². The first-order valence-electron chi connectivity index (χ1n) is 10.8. The third-order valence-corrected chi connectivity index (χ3v) is 6.45.